The third kappa shape index (κ3) is 3.41. The summed E-state index contributed by atoms with van der Waals surface area (Å²) in [7, 11) is 0. The highest BCUT2D eigenvalue weighted by atomic mass is 16.3. The first-order valence-corrected chi connectivity index (χ1v) is 7.05. The predicted octanol–water partition coefficient (Wildman–Crippen LogP) is 1.24. The summed E-state index contributed by atoms with van der Waals surface area (Å²) in [6.07, 6.45) is 0.687. The van der Waals surface area contributed by atoms with Crippen LogP contribution >= 0.6 is 0 Å². The van der Waals surface area contributed by atoms with Crippen molar-refractivity contribution in [2.24, 2.45) is 5.84 Å². The molecule has 0 fully saturated rings. The zero-order chi connectivity index (χ0) is 15.2. The number of hydrogen-bond acceptors (Lipinski definition) is 5. The van der Waals surface area contributed by atoms with Crippen molar-refractivity contribution in [2.75, 3.05) is 19.7 Å². The molecule has 1 heterocycles. The SMILES string of the molecule is CCN(CCCO)Cc1oc2ccccc2c1C(=O)NN. The maximum absolute atomic E-state index is 12.0. The van der Waals surface area contributed by atoms with E-state index in [-0.39, 0.29) is 12.5 Å². The van der Waals surface area contributed by atoms with Crippen molar-refractivity contribution in [2.45, 2.75) is 19.9 Å². The molecule has 114 valence electrons. The van der Waals surface area contributed by atoms with Crippen molar-refractivity contribution in [1.29, 1.82) is 0 Å². The zero-order valence-electron chi connectivity index (χ0n) is 12.1. The zero-order valence-corrected chi connectivity index (χ0v) is 12.1. The number of fused-ring (bicyclic) bond motifs is 1. The fourth-order valence-electron chi connectivity index (χ4n) is 2.37. The maximum Gasteiger partial charge on any atom is 0.269 e. The number of nitrogens with one attached hydrogen (secondary N) is 1. The van der Waals surface area contributed by atoms with Crippen molar-refractivity contribution in [3.05, 3.63) is 35.6 Å². The van der Waals surface area contributed by atoms with Crippen LogP contribution in [0.2, 0.25) is 0 Å². The summed E-state index contributed by atoms with van der Waals surface area (Å²) in [4.78, 5) is 14.2. The first-order chi connectivity index (χ1) is 10.2. The van der Waals surface area contributed by atoms with Crippen LogP contribution in [-0.4, -0.2) is 35.6 Å². The first-order valence-electron chi connectivity index (χ1n) is 7.05. The summed E-state index contributed by atoms with van der Waals surface area (Å²) in [6, 6.07) is 7.40. The predicted molar refractivity (Wildman–Crippen MR) is 80.5 cm³/mol. The molecule has 6 heteroatoms. The molecule has 2 aromatic rings. The van der Waals surface area contributed by atoms with Crippen molar-refractivity contribution < 1.29 is 14.3 Å². The molecule has 0 saturated heterocycles. The van der Waals surface area contributed by atoms with Gasteiger partial charge in [-0.05, 0) is 19.0 Å². The molecule has 4 N–H and O–H groups in total. The summed E-state index contributed by atoms with van der Waals surface area (Å²) >= 11 is 0. The molecule has 0 spiro atoms. The molecule has 0 saturated carbocycles. The topological polar surface area (TPSA) is 91.7 Å². The molecule has 1 aromatic heterocycles. The van der Waals surface area contributed by atoms with Gasteiger partial charge in [0.1, 0.15) is 11.3 Å². The number of carbonyl (C=O) groups is 1. The second-order valence-corrected chi connectivity index (χ2v) is 4.82. The Morgan fingerprint density at radius 2 is 2.19 bits per heavy atom. The smallest absolute Gasteiger partial charge is 0.269 e. The molecule has 21 heavy (non-hydrogen) atoms. The number of hydrazine groups is 1. The largest absolute Gasteiger partial charge is 0.459 e. The number of furan rings is 1. The van der Waals surface area contributed by atoms with Crippen LogP contribution < -0.4 is 11.3 Å². The minimum Gasteiger partial charge on any atom is -0.459 e. The van der Waals surface area contributed by atoms with E-state index in [1.807, 2.05) is 31.2 Å². The van der Waals surface area contributed by atoms with E-state index >= 15 is 0 Å². The van der Waals surface area contributed by atoms with Gasteiger partial charge in [-0.1, -0.05) is 25.1 Å². The maximum atomic E-state index is 12.0. The van der Waals surface area contributed by atoms with Crippen LogP contribution in [0.15, 0.2) is 28.7 Å². The lowest BCUT2D eigenvalue weighted by Crippen LogP contribution is -2.31. The number of amides is 1. The standard InChI is InChI=1S/C15H21N3O3/c1-2-18(8-5-9-19)10-13-14(15(20)17-16)11-6-3-4-7-12(11)21-13/h3-4,6-7,19H,2,5,8-10,16H2,1H3,(H,17,20). The Kier molecular flexibility index (Phi) is 5.32. The normalized spacial score (nSPS) is 11.2. The van der Waals surface area contributed by atoms with Crippen LogP contribution in [0.4, 0.5) is 0 Å². The highest BCUT2D eigenvalue weighted by molar-refractivity contribution is 6.07. The van der Waals surface area contributed by atoms with Gasteiger partial charge in [0.25, 0.3) is 5.91 Å². The molecular weight excluding hydrogens is 270 g/mol. The van der Waals surface area contributed by atoms with Crippen LogP contribution in [0.25, 0.3) is 11.0 Å². The molecule has 0 unspecified atom stereocenters. The Hall–Kier alpha value is -1.89. The number of nitrogen functional groups attached to an aromatic ring is 1. The summed E-state index contributed by atoms with van der Waals surface area (Å²) in [5.41, 5.74) is 3.33. The Labute approximate surface area is 123 Å². The van der Waals surface area contributed by atoms with Gasteiger partial charge in [-0.3, -0.25) is 15.1 Å². The van der Waals surface area contributed by atoms with Gasteiger partial charge in [0.05, 0.1) is 12.1 Å². The van der Waals surface area contributed by atoms with E-state index in [0.717, 1.165) is 18.5 Å². The average Bonchev–Trinajstić information content (AvgIpc) is 2.88. The lowest BCUT2D eigenvalue weighted by molar-refractivity contribution is 0.0951. The van der Waals surface area contributed by atoms with E-state index in [9.17, 15) is 4.79 Å². The summed E-state index contributed by atoms with van der Waals surface area (Å²) in [6.45, 7) is 4.23. The van der Waals surface area contributed by atoms with E-state index in [0.29, 0.717) is 29.9 Å². The summed E-state index contributed by atoms with van der Waals surface area (Å²) in [5, 5.41) is 9.70. The number of benzene rings is 1. The van der Waals surface area contributed by atoms with Crippen molar-refractivity contribution >= 4 is 16.9 Å². The second-order valence-electron chi connectivity index (χ2n) is 4.82. The lowest BCUT2D eigenvalue weighted by Gasteiger charge is -2.18. The van der Waals surface area contributed by atoms with Crippen LogP contribution in [0, 0.1) is 0 Å². The molecule has 0 aliphatic rings. The Morgan fingerprint density at radius 3 is 2.86 bits per heavy atom. The molecule has 6 nitrogen and oxygen atoms in total. The fraction of sp³-hybridized carbons (Fsp3) is 0.400. The Morgan fingerprint density at radius 1 is 1.43 bits per heavy atom. The van der Waals surface area contributed by atoms with E-state index < -0.39 is 0 Å². The van der Waals surface area contributed by atoms with Gasteiger partial charge in [0, 0.05) is 18.5 Å². The van der Waals surface area contributed by atoms with Gasteiger partial charge in [-0.25, -0.2) is 5.84 Å². The summed E-state index contributed by atoms with van der Waals surface area (Å²) in [5.74, 6) is 5.52. The Balaban J connectivity index is 2.35. The van der Waals surface area contributed by atoms with Crippen LogP contribution in [-0.2, 0) is 6.54 Å². The van der Waals surface area contributed by atoms with Crippen LogP contribution in [0.5, 0.6) is 0 Å². The quantitative estimate of drug-likeness (QED) is 0.405. The van der Waals surface area contributed by atoms with E-state index in [1.165, 1.54) is 0 Å². The van der Waals surface area contributed by atoms with Crippen molar-refractivity contribution in [3.8, 4) is 0 Å². The summed E-state index contributed by atoms with van der Waals surface area (Å²) < 4.78 is 5.81. The molecule has 0 aliphatic carbocycles. The number of aliphatic hydroxyl groups excluding tert-OH is 1. The van der Waals surface area contributed by atoms with Crippen molar-refractivity contribution in [1.82, 2.24) is 10.3 Å². The third-order valence-corrected chi connectivity index (χ3v) is 3.47. The minimum absolute atomic E-state index is 0.146. The number of para-hydroxylation sites is 1. The highest BCUT2D eigenvalue weighted by Gasteiger charge is 2.21. The molecule has 0 radical (unpaired) electrons. The van der Waals surface area contributed by atoms with E-state index in [4.69, 9.17) is 15.4 Å². The lowest BCUT2D eigenvalue weighted by atomic mass is 10.1. The number of aliphatic hydroxyl groups is 1. The van der Waals surface area contributed by atoms with E-state index in [2.05, 4.69) is 10.3 Å². The number of carbonyl (C=O) groups excluding carboxylic acids is 1. The number of hydrogen-bond donors (Lipinski definition) is 3. The first kappa shape index (κ1) is 15.5. The van der Waals surface area contributed by atoms with Gasteiger partial charge in [0.15, 0.2) is 0 Å². The molecule has 1 amide bonds. The van der Waals surface area contributed by atoms with Gasteiger partial charge < -0.3 is 9.52 Å². The molecule has 0 bridgehead atoms. The number of nitrogens with two attached hydrogens (primary N) is 1. The molecule has 0 atom stereocenters. The molecule has 0 aliphatic heterocycles. The van der Waals surface area contributed by atoms with Gasteiger partial charge in [-0.15, -0.1) is 0 Å². The monoisotopic (exact) mass is 291 g/mol. The fourth-order valence-corrected chi connectivity index (χ4v) is 2.37. The number of rotatable bonds is 7. The molecule has 2 rings (SSSR count). The number of nitrogens with zero attached hydrogens (tertiary/aromatic N) is 1. The van der Waals surface area contributed by atoms with Gasteiger partial charge in [0.2, 0.25) is 0 Å². The second kappa shape index (κ2) is 7.21. The molecule has 1 aromatic carbocycles. The van der Waals surface area contributed by atoms with Gasteiger partial charge in [-0.2, -0.15) is 0 Å². The third-order valence-electron chi connectivity index (χ3n) is 3.47. The van der Waals surface area contributed by atoms with E-state index in [1.54, 1.807) is 0 Å². The highest BCUT2D eigenvalue weighted by Crippen LogP contribution is 2.26. The van der Waals surface area contributed by atoms with Crippen LogP contribution in [0.3, 0.4) is 0 Å². The average molecular weight is 291 g/mol. The minimum atomic E-state index is -0.354. The molecular formula is C15H21N3O3. The Bertz CT molecular complexity index is 609. The van der Waals surface area contributed by atoms with Gasteiger partial charge >= 0.3 is 0 Å². The van der Waals surface area contributed by atoms with Crippen molar-refractivity contribution in [3.63, 3.8) is 0 Å². The van der Waals surface area contributed by atoms with Crippen LogP contribution in [0.1, 0.15) is 29.5 Å².